The topological polar surface area (TPSA) is 18.5 Å². The van der Waals surface area contributed by atoms with Gasteiger partial charge in [0, 0.05) is 26.2 Å². The van der Waals surface area contributed by atoms with Gasteiger partial charge in [-0.25, -0.2) is 0 Å². The van der Waals surface area contributed by atoms with Gasteiger partial charge in [-0.15, -0.1) is 0 Å². The monoisotopic (exact) mass is 298 g/mol. The van der Waals surface area contributed by atoms with Crippen LogP contribution in [0.3, 0.4) is 0 Å². The fourth-order valence-electron chi connectivity index (χ4n) is 2.96. The van der Waals surface area contributed by atoms with Gasteiger partial charge in [0.1, 0.15) is 0 Å². The lowest BCUT2D eigenvalue weighted by Crippen LogP contribution is -2.34. The molecule has 0 aromatic heterocycles. The Morgan fingerprint density at radius 3 is 1.55 bits per heavy atom. The molecule has 22 heavy (non-hydrogen) atoms. The fourth-order valence-corrected chi connectivity index (χ4v) is 2.96. The summed E-state index contributed by atoms with van der Waals surface area (Å²) in [6.45, 7) is 5.57. The van der Waals surface area contributed by atoms with E-state index < -0.39 is 0 Å². The molecule has 2 heteroatoms. The lowest BCUT2D eigenvalue weighted by molar-refractivity contribution is 0.113. The standard InChI is InChI=1S/C20H26O2/c1-16-5-9-18(10-6-16)20(15-22-4,13-14-21-3)19-11-7-17(2)8-12-19/h5-12H,13-15H2,1-4H3. The van der Waals surface area contributed by atoms with E-state index in [4.69, 9.17) is 9.47 Å². The lowest BCUT2D eigenvalue weighted by atomic mass is 9.72. The highest BCUT2D eigenvalue weighted by Gasteiger charge is 2.34. The molecule has 0 unspecified atom stereocenters. The Morgan fingerprint density at radius 1 is 0.727 bits per heavy atom. The van der Waals surface area contributed by atoms with Gasteiger partial charge in [-0.1, -0.05) is 59.7 Å². The maximum absolute atomic E-state index is 5.62. The first-order valence-electron chi connectivity index (χ1n) is 7.74. The number of hydrogen-bond donors (Lipinski definition) is 0. The molecule has 2 aromatic rings. The van der Waals surface area contributed by atoms with Gasteiger partial charge in [0.25, 0.3) is 0 Å². The van der Waals surface area contributed by atoms with Crippen molar-refractivity contribution in [1.82, 2.24) is 0 Å². The second-order valence-corrected chi connectivity index (χ2v) is 5.99. The molecule has 2 aromatic carbocycles. The van der Waals surface area contributed by atoms with Crippen molar-refractivity contribution in [3.63, 3.8) is 0 Å². The second kappa shape index (κ2) is 7.57. The van der Waals surface area contributed by atoms with Gasteiger partial charge in [0.05, 0.1) is 6.61 Å². The summed E-state index contributed by atoms with van der Waals surface area (Å²) < 4.78 is 11.0. The predicted molar refractivity (Wildman–Crippen MR) is 91.5 cm³/mol. The van der Waals surface area contributed by atoms with Crippen LogP contribution in [0.5, 0.6) is 0 Å². The van der Waals surface area contributed by atoms with E-state index in [1.165, 1.54) is 22.3 Å². The first-order chi connectivity index (χ1) is 10.6. The van der Waals surface area contributed by atoms with Crippen LogP contribution in [0.25, 0.3) is 0 Å². The van der Waals surface area contributed by atoms with E-state index in [1.807, 2.05) is 0 Å². The summed E-state index contributed by atoms with van der Waals surface area (Å²) in [5.74, 6) is 0. The van der Waals surface area contributed by atoms with E-state index in [-0.39, 0.29) is 5.41 Å². The normalized spacial score (nSPS) is 11.6. The van der Waals surface area contributed by atoms with Crippen molar-refractivity contribution in [2.45, 2.75) is 25.7 Å². The number of ether oxygens (including phenoxy) is 2. The van der Waals surface area contributed by atoms with Crippen LogP contribution < -0.4 is 0 Å². The molecular formula is C20H26O2. The third-order valence-corrected chi connectivity index (χ3v) is 4.33. The van der Waals surface area contributed by atoms with Crippen LogP contribution in [0.2, 0.25) is 0 Å². The molecule has 2 rings (SSSR count). The van der Waals surface area contributed by atoms with Gasteiger partial charge in [-0.2, -0.15) is 0 Å². The molecule has 0 amide bonds. The van der Waals surface area contributed by atoms with Crippen LogP contribution in [0.1, 0.15) is 28.7 Å². The number of methoxy groups -OCH3 is 2. The summed E-state index contributed by atoms with van der Waals surface area (Å²) in [4.78, 5) is 0. The van der Waals surface area contributed by atoms with E-state index in [0.717, 1.165) is 6.42 Å². The molecule has 0 saturated heterocycles. The Labute approximate surface area is 134 Å². The molecule has 0 fully saturated rings. The molecule has 0 heterocycles. The summed E-state index contributed by atoms with van der Waals surface area (Å²) in [6.07, 6.45) is 0.892. The third kappa shape index (κ3) is 3.57. The van der Waals surface area contributed by atoms with Crippen molar-refractivity contribution in [1.29, 1.82) is 0 Å². The van der Waals surface area contributed by atoms with Crippen LogP contribution in [0.4, 0.5) is 0 Å². The molecule has 0 aliphatic heterocycles. The minimum atomic E-state index is -0.174. The molecule has 0 aliphatic carbocycles. The third-order valence-electron chi connectivity index (χ3n) is 4.33. The van der Waals surface area contributed by atoms with Crippen molar-refractivity contribution >= 4 is 0 Å². The van der Waals surface area contributed by atoms with Gasteiger partial charge in [0.2, 0.25) is 0 Å². The Kier molecular flexibility index (Phi) is 5.76. The van der Waals surface area contributed by atoms with Gasteiger partial charge >= 0.3 is 0 Å². The van der Waals surface area contributed by atoms with E-state index in [9.17, 15) is 0 Å². The highest BCUT2D eigenvalue weighted by molar-refractivity contribution is 5.41. The van der Waals surface area contributed by atoms with Crippen molar-refractivity contribution in [3.8, 4) is 0 Å². The van der Waals surface area contributed by atoms with Gasteiger partial charge in [0.15, 0.2) is 0 Å². The summed E-state index contributed by atoms with van der Waals surface area (Å²) in [5.41, 5.74) is 4.92. The van der Waals surface area contributed by atoms with Crippen LogP contribution in [-0.4, -0.2) is 27.4 Å². The number of hydrogen-bond acceptors (Lipinski definition) is 2. The van der Waals surface area contributed by atoms with E-state index in [0.29, 0.717) is 13.2 Å². The molecule has 118 valence electrons. The SMILES string of the molecule is COCCC(COC)(c1ccc(C)cc1)c1ccc(C)cc1. The molecule has 2 nitrogen and oxygen atoms in total. The van der Waals surface area contributed by atoms with Crippen molar-refractivity contribution in [3.05, 3.63) is 70.8 Å². The minimum Gasteiger partial charge on any atom is -0.385 e. The van der Waals surface area contributed by atoms with Gasteiger partial charge in [-0.05, 0) is 31.4 Å². The minimum absolute atomic E-state index is 0.174. The zero-order valence-corrected chi connectivity index (χ0v) is 14.1. The van der Waals surface area contributed by atoms with Gasteiger partial charge < -0.3 is 9.47 Å². The van der Waals surface area contributed by atoms with Crippen LogP contribution in [0, 0.1) is 13.8 Å². The molecule has 0 bridgehead atoms. The number of rotatable bonds is 7. The average Bonchev–Trinajstić information content (AvgIpc) is 2.53. The maximum Gasteiger partial charge on any atom is 0.0600 e. The first kappa shape index (κ1) is 16.7. The number of benzene rings is 2. The van der Waals surface area contributed by atoms with Crippen LogP contribution in [-0.2, 0) is 14.9 Å². The second-order valence-electron chi connectivity index (χ2n) is 5.99. The van der Waals surface area contributed by atoms with E-state index >= 15 is 0 Å². The average molecular weight is 298 g/mol. The van der Waals surface area contributed by atoms with Crippen LogP contribution >= 0.6 is 0 Å². The Bertz CT molecular complexity index is 524. The maximum atomic E-state index is 5.62. The summed E-state index contributed by atoms with van der Waals surface area (Å²) in [5, 5.41) is 0. The highest BCUT2D eigenvalue weighted by atomic mass is 16.5. The summed E-state index contributed by atoms with van der Waals surface area (Å²) in [6, 6.07) is 17.5. The molecule has 0 spiro atoms. The molecule has 0 aliphatic rings. The quantitative estimate of drug-likeness (QED) is 0.760. The predicted octanol–water partition coefficient (Wildman–Crippen LogP) is 4.27. The zero-order chi connectivity index (χ0) is 16.0. The van der Waals surface area contributed by atoms with E-state index in [1.54, 1.807) is 14.2 Å². The lowest BCUT2D eigenvalue weighted by Gasteiger charge is -2.34. The highest BCUT2D eigenvalue weighted by Crippen LogP contribution is 2.36. The molecule has 0 N–H and O–H groups in total. The summed E-state index contributed by atoms with van der Waals surface area (Å²) in [7, 11) is 3.52. The van der Waals surface area contributed by atoms with Crippen LogP contribution in [0.15, 0.2) is 48.5 Å². The Morgan fingerprint density at radius 2 is 1.18 bits per heavy atom. The van der Waals surface area contributed by atoms with Gasteiger partial charge in [-0.3, -0.25) is 0 Å². The zero-order valence-electron chi connectivity index (χ0n) is 14.1. The fraction of sp³-hybridized carbons (Fsp3) is 0.400. The van der Waals surface area contributed by atoms with E-state index in [2.05, 4.69) is 62.4 Å². The molecule has 0 saturated carbocycles. The number of aryl methyl sites for hydroxylation is 2. The van der Waals surface area contributed by atoms with Crippen molar-refractivity contribution in [2.24, 2.45) is 0 Å². The van der Waals surface area contributed by atoms with Crippen molar-refractivity contribution < 1.29 is 9.47 Å². The molecule has 0 atom stereocenters. The Hall–Kier alpha value is -1.64. The smallest absolute Gasteiger partial charge is 0.0600 e. The molecule has 0 radical (unpaired) electrons. The summed E-state index contributed by atoms with van der Waals surface area (Å²) >= 11 is 0. The first-order valence-corrected chi connectivity index (χ1v) is 7.74. The Balaban J connectivity index is 2.53. The largest absolute Gasteiger partial charge is 0.385 e. The molecular weight excluding hydrogens is 272 g/mol. The van der Waals surface area contributed by atoms with Crippen molar-refractivity contribution in [2.75, 3.05) is 27.4 Å².